The van der Waals surface area contributed by atoms with Crippen molar-refractivity contribution in [1.82, 2.24) is 9.71 Å². The third-order valence-corrected chi connectivity index (χ3v) is 5.14. The fourth-order valence-electron chi connectivity index (χ4n) is 1.81. The molecule has 5 nitrogen and oxygen atoms in total. The van der Waals surface area contributed by atoms with Crippen LogP contribution in [0.4, 0.5) is 0 Å². The lowest BCUT2D eigenvalue weighted by Gasteiger charge is -2.11. The highest BCUT2D eigenvalue weighted by Crippen LogP contribution is 2.19. The van der Waals surface area contributed by atoms with E-state index in [1.807, 2.05) is 6.92 Å². The van der Waals surface area contributed by atoms with E-state index in [2.05, 4.69) is 9.71 Å². The Morgan fingerprint density at radius 1 is 1.40 bits per heavy atom. The molecular formula is C13H16N2O3S2. The Morgan fingerprint density at radius 3 is 2.80 bits per heavy atom. The average molecular weight is 312 g/mol. The third kappa shape index (κ3) is 3.43. The largest absolute Gasteiger partial charge is 0.392 e. The molecule has 0 amide bonds. The van der Waals surface area contributed by atoms with Gasteiger partial charge < -0.3 is 5.11 Å². The Morgan fingerprint density at radius 2 is 2.20 bits per heavy atom. The molecule has 0 unspecified atom stereocenters. The Labute approximate surface area is 122 Å². The third-order valence-electron chi connectivity index (χ3n) is 2.88. The van der Waals surface area contributed by atoms with E-state index in [-0.39, 0.29) is 18.0 Å². The van der Waals surface area contributed by atoms with Gasteiger partial charge in [-0.15, -0.1) is 11.3 Å². The second-order valence-electron chi connectivity index (χ2n) is 4.20. The zero-order valence-electron chi connectivity index (χ0n) is 11.0. The van der Waals surface area contributed by atoms with Crippen LogP contribution in [0.15, 0.2) is 34.7 Å². The van der Waals surface area contributed by atoms with E-state index in [9.17, 15) is 8.42 Å². The van der Waals surface area contributed by atoms with Crippen LogP contribution in [-0.2, 0) is 29.6 Å². The predicted octanol–water partition coefficient (Wildman–Crippen LogP) is 1.68. The monoisotopic (exact) mass is 312 g/mol. The van der Waals surface area contributed by atoms with Crippen molar-refractivity contribution in [2.45, 2.75) is 31.4 Å². The van der Waals surface area contributed by atoms with Crippen molar-refractivity contribution in [3.05, 3.63) is 45.9 Å². The van der Waals surface area contributed by atoms with Gasteiger partial charge in [0.15, 0.2) is 0 Å². The summed E-state index contributed by atoms with van der Waals surface area (Å²) in [6.07, 6.45) is 2.25. The van der Waals surface area contributed by atoms with Crippen molar-refractivity contribution >= 4 is 21.4 Å². The van der Waals surface area contributed by atoms with E-state index in [1.54, 1.807) is 23.7 Å². The molecule has 0 spiro atoms. The lowest BCUT2D eigenvalue weighted by molar-refractivity contribution is 0.281. The number of rotatable bonds is 6. The molecule has 1 aromatic heterocycles. The fourth-order valence-corrected chi connectivity index (χ4v) is 3.81. The Bertz CT molecular complexity index is 667. The molecule has 0 aliphatic carbocycles. The molecule has 20 heavy (non-hydrogen) atoms. The van der Waals surface area contributed by atoms with Gasteiger partial charge in [-0.3, -0.25) is 0 Å². The number of sulfonamides is 1. The van der Waals surface area contributed by atoms with Crippen LogP contribution >= 0.6 is 11.3 Å². The lowest BCUT2D eigenvalue weighted by atomic mass is 10.1. The minimum atomic E-state index is -3.61. The summed E-state index contributed by atoms with van der Waals surface area (Å²) in [6, 6.07) is 4.99. The maximum Gasteiger partial charge on any atom is 0.241 e. The average Bonchev–Trinajstić information content (AvgIpc) is 2.98. The van der Waals surface area contributed by atoms with Gasteiger partial charge in [0.2, 0.25) is 10.0 Å². The van der Waals surface area contributed by atoms with Crippen molar-refractivity contribution < 1.29 is 13.5 Å². The topological polar surface area (TPSA) is 79.3 Å². The van der Waals surface area contributed by atoms with Crippen LogP contribution in [0.3, 0.4) is 0 Å². The van der Waals surface area contributed by atoms with Gasteiger partial charge in [-0.25, -0.2) is 18.1 Å². The minimum absolute atomic E-state index is 0.173. The number of benzene rings is 1. The molecule has 7 heteroatoms. The summed E-state index contributed by atoms with van der Waals surface area (Å²) < 4.78 is 27.3. The van der Waals surface area contributed by atoms with Crippen LogP contribution in [0.1, 0.15) is 23.1 Å². The number of aromatic nitrogens is 1. The molecule has 0 fully saturated rings. The first-order valence-electron chi connectivity index (χ1n) is 6.17. The first-order valence-corrected chi connectivity index (χ1v) is 8.53. The molecule has 0 atom stereocenters. The van der Waals surface area contributed by atoms with E-state index >= 15 is 0 Å². The number of hydrogen-bond acceptors (Lipinski definition) is 5. The maximum atomic E-state index is 12.4. The van der Waals surface area contributed by atoms with Crippen molar-refractivity contribution in [2.24, 2.45) is 0 Å². The lowest BCUT2D eigenvalue weighted by Crippen LogP contribution is -2.24. The summed E-state index contributed by atoms with van der Waals surface area (Å²) in [7, 11) is -3.61. The summed E-state index contributed by atoms with van der Waals surface area (Å²) in [6.45, 7) is 1.89. The SMILES string of the molecule is CCc1ccc(CO)cc1S(=O)(=O)NCc1nccs1. The van der Waals surface area contributed by atoms with Gasteiger partial charge in [-0.2, -0.15) is 0 Å². The molecule has 0 radical (unpaired) electrons. The van der Waals surface area contributed by atoms with Crippen LogP contribution in [-0.4, -0.2) is 18.5 Å². The molecule has 0 aliphatic rings. The number of aliphatic hydroxyl groups excluding tert-OH is 1. The Hall–Kier alpha value is -1.28. The summed E-state index contributed by atoms with van der Waals surface area (Å²) >= 11 is 1.40. The van der Waals surface area contributed by atoms with Gasteiger partial charge in [0.1, 0.15) is 5.01 Å². The summed E-state index contributed by atoms with van der Waals surface area (Å²) in [5, 5.41) is 11.7. The van der Waals surface area contributed by atoms with Crippen molar-refractivity contribution in [3.8, 4) is 0 Å². The molecule has 2 N–H and O–H groups in total. The van der Waals surface area contributed by atoms with Gasteiger partial charge in [-0.05, 0) is 23.6 Å². The van der Waals surface area contributed by atoms with E-state index < -0.39 is 10.0 Å². The normalized spacial score (nSPS) is 11.7. The van der Waals surface area contributed by atoms with Crippen LogP contribution in [0.25, 0.3) is 0 Å². The van der Waals surface area contributed by atoms with Crippen LogP contribution in [0, 0.1) is 0 Å². The second kappa shape index (κ2) is 6.45. The van der Waals surface area contributed by atoms with Gasteiger partial charge in [-0.1, -0.05) is 19.1 Å². The van der Waals surface area contributed by atoms with Gasteiger partial charge in [0.25, 0.3) is 0 Å². The number of aryl methyl sites for hydroxylation is 1. The summed E-state index contributed by atoms with van der Waals surface area (Å²) in [5.74, 6) is 0. The van der Waals surface area contributed by atoms with Crippen LogP contribution in [0.5, 0.6) is 0 Å². The summed E-state index contributed by atoms with van der Waals surface area (Å²) in [4.78, 5) is 4.27. The van der Waals surface area contributed by atoms with Gasteiger partial charge in [0, 0.05) is 11.6 Å². The first kappa shape index (κ1) is 15.1. The predicted molar refractivity (Wildman–Crippen MR) is 77.9 cm³/mol. The molecular weight excluding hydrogens is 296 g/mol. The standard InChI is InChI=1S/C13H16N2O3S2/c1-2-11-4-3-10(9-16)7-12(11)20(17,18)15-8-13-14-5-6-19-13/h3-7,15-16H,2,8-9H2,1H3. The number of nitrogens with one attached hydrogen (secondary N) is 1. The number of thiazole rings is 1. The van der Waals surface area contributed by atoms with E-state index in [0.29, 0.717) is 17.0 Å². The molecule has 0 saturated heterocycles. The molecule has 1 heterocycles. The van der Waals surface area contributed by atoms with Crippen molar-refractivity contribution in [2.75, 3.05) is 0 Å². The second-order valence-corrected chi connectivity index (χ2v) is 6.92. The molecule has 1 aromatic carbocycles. The zero-order valence-corrected chi connectivity index (χ0v) is 12.7. The van der Waals surface area contributed by atoms with E-state index in [0.717, 1.165) is 5.56 Å². The first-order chi connectivity index (χ1) is 9.56. The molecule has 2 rings (SSSR count). The zero-order chi connectivity index (χ0) is 14.6. The Kier molecular flexibility index (Phi) is 4.87. The number of nitrogens with zero attached hydrogens (tertiary/aromatic N) is 1. The van der Waals surface area contributed by atoms with Crippen molar-refractivity contribution in [1.29, 1.82) is 0 Å². The fraction of sp³-hybridized carbons (Fsp3) is 0.308. The molecule has 0 bridgehead atoms. The van der Waals surface area contributed by atoms with Gasteiger partial charge in [0.05, 0.1) is 18.0 Å². The molecule has 0 aliphatic heterocycles. The van der Waals surface area contributed by atoms with E-state index in [4.69, 9.17) is 5.11 Å². The number of aliphatic hydroxyl groups is 1. The summed E-state index contributed by atoms with van der Waals surface area (Å²) in [5.41, 5.74) is 1.31. The van der Waals surface area contributed by atoms with Crippen molar-refractivity contribution in [3.63, 3.8) is 0 Å². The highest BCUT2D eigenvalue weighted by Gasteiger charge is 2.18. The van der Waals surface area contributed by atoms with Gasteiger partial charge >= 0.3 is 0 Å². The maximum absolute atomic E-state index is 12.4. The Balaban J connectivity index is 2.28. The van der Waals surface area contributed by atoms with E-state index in [1.165, 1.54) is 17.4 Å². The molecule has 2 aromatic rings. The molecule has 108 valence electrons. The quantitative estimate of drug-likeness (QED) is 0.850. The highest BCUT2D eigenvalue weighted by molar-refractivity contribution is 7.89. The van der Waals surface area contributed by atoms with Crippen LogP contribution < -0.4 is 4.72 Å². The minimum Gasteiger partial charge on any atom is -0.392 e. The highest BCUT2D eigenvalue weighted by atomic mass is 32.2. The number of hydrogen-bond donors (Lipinski definition) is 2. The smallest absolute Gasteiger partial charge is 0.241 e. The van der Waals surface area contributed by atoms with Crippen LogP contribution in [0.2, 0.25) is 0 Å². The molecule has 0 saturated carbocycles.